The van der Waals surface area contributed by atoms with E-state index in [-0.39, 0.29) is 10.6 Å². The average Bonchev–Trinajstić information content (AvgIpc) is 2.22. The highest BCUT2D eigenvalue weighted by Gasteiger charge is 2.23. The van der Waals surface area contributed by atoms with Crippen molar-refractivity contribution in [1.29, 1.82) is 0 Å². The maximum atomic E-state index is 13.4. The van der Waals surface area contributed by atoms with E-state index in [0.29, 0.717) is 11.4 Å². The molecule has 0 aliphatic heterocycles. The van der Waals surface area contributed by atoms with Crippen LogP contribution in [0.3, 0.4) is 0 Å². The molecular formula is C12H18ClFN2. The maximum absolute atomic E-state index is 13.4. The van der Waals surface area contributed by atoms with Crippen molar-refractivity contribution < 1.29 is 4.39 Å². The zero-order valence-corrected chi connectivity index (χ0v) is 10.9. The minimum Gasteiger partial charge on any atom is -0.397 e. The highest BCUT2D eigenvalue weighted by atomic mass is 35.5. The summed E-state index contributed by atoms with van der Waals surface area (Å²) in [6.45, 7) is 6.25. The van der Waals surface area contributed by atoms with Gasteiger partial charge in [0.25, 0.3) is 0 Å². The molecule has 0 amide bonds. The van der Waals surface area contributed by atoms with Crippen molar-refractivity contribution in [3.63, 3.8) is 0 Å². The fraction of sp³-hybridized carbons (Fsp3) is 0.500. The predicted octanol–water partition coefficient (Wildman–Crippen LogP) is 3.69. The van der Waals surface area contributed by atoms with E-state index in [2.05, 4.69) is 20.8 Å². The van der Waals surface area contributed by atoms with Crippen molar-refractivity contribution in [3.05, 3.63) is 23.0 Å². The minimum absolute atomic E-state index is 0.0592. The zero-order valence-electron chi connectivity index (χ0n) is 10.1. The third kappa shape index (κ3) is 2.40. The van der Waals surface area contributed by atoms with Gasteiger partial charge < -0.3 is 10.6 Å². The molecule has 2 nitrogen and oxygen atoms in total. The average molecular weight is 245 g/mol. The van der Waals surface area contributed by atoms with Crippen molar-refractivity contribution in [2.75, 3.05) is 17.7 Å². The van der Waals surface area contributed by atoms with Crippen LogP contribution in [0.25, 0.3) is 0 Å². The van der Waals surface area contributed by atoms with E-state index in [9.17, 15) is 4.39 Å². The molecule has 16 heavy (non-hydrogen) atoms. The molecule has 1 rings (SSSR count). The Kier molecular flexibility index (Phi) is 3.68. The summed E-state index contributed by atoms with van der Waals surface area (Å²) in [6.07, 6.45) is 0.938. The van der Waals surface area contributed by atoms with Gasteiger partial charge >= 0.3 is 0 Å². The van der Waals surface area contributed by atoms with Crippen LogP contribution in [0.15, 0.2) is 12.1 Å². The molecule has 1 aromatic carbocycles. The number of halogens is 2. The lowest BCUT2D eigenvalue weighted by atomic mass is 9.99. The number of rotatable bonds is 3. The Morgan fingerprint density at radius 1 is 1.44 bits per heavy atom. The highest BCUT2D eigenvalue weighted by Crippen LogP contribution is 2.33. The van der Waals surface area contributed by atoms with Gasteiger partial charge in [0.05, 0.1) is 16.4 Å². The standard InChI is InChI=1S/C12H18ClFN2/c1-5-12(2,3)16(4)11-7-9(14)8(13)6-10(11)15/h6-7H,5,15H2,1-4H3. The Balaban J connectivity index is 3.19. The first-order chi connectivity index (χ1) is 7.29. The summed E-state index contributed by atoms with van der Waals surface area (Å²) in [4.78, 5) is 1.97. The van der Waals surface area contributed by atoms with Gasteiger partial charge in [0.2, 0.25) is 0 Å². The van der Waals surface area contributed by atoms with Gasteiger partial charge in [-0.25, -0.2) is 4.39 Å². The molecule has 0 bridgehead atoms. The number of anilines is 2. The van der Waals surface area contributed by atoms with Crippen LogP contribution in [0.2, 0.25) is 5.02 Å². The normalized spacial score (nSPS) is 11.6. The van der Waals surface area contributed by atoms with Gasteiger partial charge in [-0.05, 0) is 26.3 Å². The SMILES string of the molecule is CCC(C)(C)N(C)c1cc(F)c(Cl)cc1N. The molecule has 0 atom stereocenters. The van der Waals surface area contributed by atoms with Gasteiger partial charge in [-0.2, -0.15) is 0 Å². The summed E-state index contributed by atoms with van der Waals surface area (Å²) in [5, 5.41) is 0.0592. The van der Waals surface area contributed by atoms with E-state index in [1.807, 2.05) is 11.9 Å². The van der Waals surface area contributed by atoms with Gasteiger partial charge in [-0.15, -0.1) is 0 Å². The minimum atomic E-state index is -0.440. The molecule has 90 valence electrons. The number of nitrogens with zero attached hydrogens (tertiary/aromatic N) is 1. The van der Waals surface area contributed by atoms with Gasteiger partial charge in [0, 0.05) is 18.7 Å². The van der Waals surface area contributed by atoms with Crippen LogP contribution in [0.5, 0.6) is 0 Å². The molecule has 0 heterocycles. The Labute approximate surface area is 101 Å². The van der Waals surface area contributed by atoms with Crippen LogP contribution >= 0.6 is 11.6 Å². The molecule has 0 unspecified atom stereocenters. The summed E-state index contributed by atoms with van der Waals surface area (Å²) in [5.41, 5.74) is 6.95. The first kappa shape index (κ1) is 13.1. The van der Waals surface area contributed by atoms with Crippen molar-refractivity contribution in [2.45, 2.75) is 32.7 Å². The topological polar surface area (TPSA) is 29.3 Å². The van der Waals surface area contributed by atoms with E-state index in [4.69, 9.17) is 17.3 Å². The molecule has 0 radical (unpaired) electrons. The Morgan fingerprint density at radius 2 is 2.00 bits per heavy atom. The maximum Gasteiger partial charge on any atom is 0.144 e. The van der Waals surface area contributed by atoms with Gasteiger partial charge in [0.1, 0.15) is 5.82 Å². The van der Waals surface area contributed by atoms with Crippen LogP contribution in [0.1, 0.15) is 27.2 Å². The molecule has 1 aromatic rings. The Morgan fingerprint density at radius 3 is 2.50 bits per heavy atom. The van der Waals surface area contributed by atoms with Crippen molar-refractivity contribution in [2.24, 2.45) is 0 Å². The lowest BCUT2D eigenvalue weighted by molar-refractivity contribution is 0.470. The number of nitrogens with two attached hydrogens (primary N) is 1. The van der Waals surface area contributed by atoms with E-state index in [1.165, 1.54) is 12.1 Å². The molecule has 0 saturated heterocycles. The lowest BCUT2D eigenvalue weighted by Crippen LogP contribution is -2.40. The first-order valence-corrected chi connectivity index (χ1v) is 5.65. The second kappa shape index (κ2) is 4.50. The zero-order chi connectivity index (χ0) is 12.5. The van der Waals surface area contributed by atoms with Gasteiger partial charge in [0.15, 0.2) is 0 Å². The summed E-state index contributed by atoms with van der Waals surface area (Å²) in [7, 11) is 1.91. The van der Waals surface area contributed by atoms with E-state index < -0.39 is 5.82 Å². The second-order valence-corrected chi connectivity index (χ2v) is 4.96. The molecule has 0 aromatic heterocycles. The lowest BCUT2D eigenvalue weighted by Gasteiger charge is -2.37. The predicted molar refractivity (Wildman–Crippen MR) is 68.6 cm³/mol. The summed E-state index contributed by atoms with van der Waals surface area (Å²) >= 11 is 5.67. The first-order valence-electron chi connectivity index (χ1n) is 5.28. The van der Waals surface area contributed by atoms with Crippen molar-refractivity contribution in [1.82, 2.24) is 0 Å². The van der Waals surface area contributed by atoms with Gasteiger partial charge in [-0.1, -0.05) is 18.5 Å². The molecular weight excluding hydrogens is 227 g/mol. The summed E-state index contributed by atoms with van der Waals surface area (Å²) in [6, 6.07) is 2.84. The second-order valence-electron chi connectivity index (χ2n) is 4.55. The number of benzene rings is 1. The monoisotopic (exact) mass is 244 g/mol. The smallest absolute Gasteiger partial charge is 0.144 e. The third-order valence-corrected chi connectivity index (χ3v) is 3.49. The van der Waals surface area contributed by atoms with Crippen LogP contribution in [0.4, 0.5) is 15.8 Å². The van der Waals surface area contributed by atoms with Gasteiger partial charge in [-0.3, -0.25) is 0 Å². The highest BCUT2D eigenvalue weighted by molar-refractivity contribution is 6.31. The van der Waals surface area contributed by atoms with Crippen LogP contribution in [-0.4, -0.2) is 12.6 Å². The fourth-order valence-corrected chi connectivity index (χ4v) is 1.58. The van der Waals surface area contributed by atoms with E-state index in [1.54, 1.807) is 0 Å². The molecule has 0 spiro atoms. The number of nitrogen functional groups attached to an aromatic ring is 1. The molecule has 0 aliphatic carbocycles. The van der Waals surface area contributed by atoms with E-state index in [0.717, 1.165) is 6.42 Å². The largest absolute Gasteiger partial charge is 0.397 e. The molecule has 4 heteroatoms. The van der Waals surface area contributed by atoms with Crippen LogP contribution in [0, 0.1) is 5.82 Å². The Hall–Kier alpha value is -0.960. The molecule has 0 aliphatic rings. The van der Waals surface area contributed by atoms with Crippen LogP contribution < -0.4 is 10.6 Å². The van der Waals surface area contributed by atoms with Crippen LogP contribution in [-0.2, 0) is 0 Å². The third-order valence-electron chi connectivity index (χ3n) is 3.20. The Bertz CT molecular complexity index is 391. The number of hydrogen-bond acceptors (Lipinski definition) is 2. The fourth-order valence-electron chi connectivity index (χ4n) is 1.41. The molecule has 2 N–H and O–H groups in total. The molecule has 0 fully saturated rings. The van der Waals surface area contributed by atoms with E-state index >= 15 is 0 Å². The van der Waals surface area contributed by atoms with Crippen molar-refractivity contribution in [3.8, 4) is 0 Å². The van der Waals surface area contributed by atoms with Crippen molar-refractivity contribution >= 4 is 23.0 Å². The number of hydrogen-bond donors (Lipinski definition) is 1. The quantitative estimate of drug-likeness (QED) is 0.822. The summed E-state index contributed by atoms with van der Waals surface area (Å²) < 4.78 is 13.4. The molecule has 0 saturated carbocycles. The summed E-state index contributed by atoms with van der Waals surface area (Å²) in [5.74, 6) is -0.440.